The molecule has 2 aliphatic rings. The molecule has 156 valence electrons. The first-order valence-electron chi connectivity index (χ1n) is 10.6. The van der Waals surface area contributed by atoms with Gasteiger partial charge in [-0.1, -0.05) is 36.4 Å². The van der Waals surface area contributed by atoms with Crippen molar-refractivity contribution in [2.75, 3.05) is 32.8 Å². The van der Waals surface area contributed by atoms with Crippen LogP contribution in [0, 0.1) is 0 Å². The minimum absolute atomic E-state index is 0.00942. The van der Waals surface area contributed by atoms with Gasteiger partial charge in [0.05, 0.1) is 24.2 Å². The van der Waals surface area contributed by atoms with Crippen molar-refractivity contribution in [3.63, 3.8) is 0 Å². The molecular weight excluding hydrogens is 384 g/mol. The van der Waals surface area contributed by atoms with E-state index >= 15 is 0 Å². The Bertz CT molecular complexity index is 777. The van der Waals surface area contributed by atoms with Crippen LogP contribution >= 0.6 is 11.3 Å². The zero-order valence-electron chi connectivity index (χ0n) is 16.8. The molecule has 0 unspecified atom stereocenters. The molecular formula is C23H30N2O3S. The van der Waals surface area contributed by atoms with Gasteiger partial charge in [-0.25, -0.2) is 0 Å². The number of carbonyl (C=O) groups is 1. The molecule has 2 aromatic rings. The predicted molar refractivity (Wildman–Crippen MR) is 115 cm³/mol. The van der Waals surface area contributed by atoms with Gasteiger partial charge in [0, 0.05) is 31.1 Å². The van der Waals surface area contributed by atoms with Crippen LogP contribution in [0.2, 0.25) is 0 Å². The smallest absolute Gasteiger partial charge is 0.261 e. The van der Waals surface area contributed by atoms with Crippen molar-refractivity contribution in [2.45, 2.75) is 43.2 Å². The predicted octanol–water partition coefficient (Wildman–Crippen LogP) is 3.05. The summed E-state index contributed by atoms with van der Waals surface area (Å²) in [7, 11) is 0. The van der Waals surface area contributed by atoms with Gasteiger partial charge in [-0.05, 0) is 42.7 Å². The fourth-order valence-corrected chi connectivity index (χ4v) is 5.44. The Hall–Kier alpha value is -1.73. The highest BCUT2D eigenvalue weighted by Crippen LogP contribution is 2.39. The molecule has 6 heteroatoms. The van der Waals surface area contributed by atoms with E-state index in [9.17, 15) is 9.90 Å². The van der Waals surface area contributed by atoms with Crippen molar-refractivity contribution in [1.82, 2.24) is 10.2 Å². The third-order valence-corrected chi connectivity index (χ3v) is 7.38. The molecule has 5 nitrogen and oxygen atoms in total. The van der Waals surface area contributed by atoms with E-state index < -0.39 is 0 Å². The second kappa shape index (κ2) is 9.39. The molecule has 2 fully saturated rings. The lowest BCUT2D eigenvalue weighted by Gasteiger charge is -2.37. The Morgan fingerprint density at radius 1 is 1.14 bits per heavy atom. The molecule has 2 heterocycles. The standard InChI is InChI=1S/C23H30N2O3S/c26-20-9-11-23(18-5-2-1-3-6-18,17-24-22(27)21-7-4-16-29-21)10-8-19(20)25-12-14-28-15-13-25/h1-7,16,19-20,26H,8-15,17H2,(H,24,27)/t19-,20-,23-/m1/s1. The summed E-state index contributed by atoms with van der Waals surface area (Å²) in [6, 6.07) is 14.4. The maximum Gasteiger partial charge on any atom is 0.261 e. The second-order valence-corrected chi connectivity index (χ2v) is 9.11. The minimum atomic E-state index is -0.341. The topological polar surface area (TPSA) is 61.8 Å². The molecule has 29 heavy (non-hydrogen) atoms. The monoisotopic (exact) mass is 414 g/mol. The van der Waals surface area contributed by atoms with E-state index in [-0.39, 0.29) is 23.5 Å². The van der Waals surface area contributed by atoms with Crippen LogP contribution in [-0.4, -0.2) is 60.9 Å². The number of ether oxygens (including phenoxy) is 1. The van der Waals surface area contributed by atoms with E-state index in [1.54, 1.807) is 0 Å². The summed E-state index contributed by atoms with van der Waals surface area (Å²) in [4.78, 5) is 15.7. The van der Waals surface area contributed by atoms with Crippen LogP contribution in [0.25, 0.3) is 0 Å². The van der Waals surface area contributed by atoms with E-state index in [0.717, 1.165) is 56.9 Å². The lowest BCUT2D eigenvalue weighted by atomic mass is 9.74. The molecule has 1 saturated heterocycles. The maximum absolute atomic E-state index is 12.6. The molecule has 2 N–H and O–H groups in total. The first-order chi connectivity index (χ1) is 14.2. The minimum Gasteiger partial charge on any atom is -0.391 e. The van der Waals surface area contributed by atoms with E-state index in [2.05, 4.69) is 34.5 Å². The van der Waals surface area contributed by atoms with Gasteiger partial charge in [0.15, 0.2) is 0 Å². The lowest BCUT2D eigenvalue weighted by Crippen LogP contribution is -2.48. The third kappa shape index (κ3) is 4.72. The van der Waals surface area contributed by atoms with Crippen molar-refractivity contribution in [1.29, 1.82) is 0 Å². The summed E-state index contributed by atoms with van der Waals surface area (Å²) < 4.78 is 5.50. The van der Waals surface area contributed by atoms with Gasteiger partial charge in [-0.3, -0.25) is 9.69 Å². The first kappa shape index (κ1) is 20.5. The van der Waals surface area contributed by atoms with Crippen LogP contribution in [0.1, 0.15) is 40.9 Å². The van der Waals surface area contributed by atoms with Gasteiger partial charge in [-0.15, -0.1) is 11.3 Å². The van der Waals surface area contributed by atoms with Gasteiger partial charge in [0.2, 0.25) is 0 Å². The zero-order chi connectivity index (χ0) is 20.1. The Balaban J connectivity index is 1.53. The highest BCUT2D eigenvalue weighted by Gasteiger charge is 2.40. The number of thiophene rings is 1. The molecule has 1 aromatic carbocycles. The Morgan fingerprint density at radius 3 is 2.62 bits per heavy atom. The summed E-state index contributed by atoms with van der Waals surface area (Å²) in [6.45, 7) is 3.84. The van der Waals surface area contributed by atoms with Crippen LogP contribution in [0.15, 0.2) is 47.8 Å². The number of carbonyl (C=O) groups excluding carboxylic acids is 1. The fourth-order valence-electron chi connectivity index (χ4n) is 4.80. The quantitative estimate of drug-likeness (QED) is 0.739. The Morgan fingerprint density at radius 2 is 1.90 bits per heavy atom. The van der Waals surface area contributed by atoms with Crippen molar-refractivity contribution in [3.8, 4) is 0 Å². The van der Waals surface area contributed by atoms with Gasteiger partial charge >= 0.3 is 0 Å². The average molecular weight is 415 g/mol. The lowest BCUT2D eigenvalue weighted by molar-refractivity contribution is -0.0236. The molecule has 1 aromatic heterocycles. The maximum atomic E-state index is 12.6. The molecule has 4 rings (SSSR count). The van der Waals surface area contributed by atoms with Crippen LogP contribution in [0.4, 0.5) is 0 Å². The summed E-state index contributed by atoms with van der Waals surface area (Å²) in [6.07, 6.45) is 3.13. The number of amides is 1. The van der Waals surface area contributed by atoms with Gasteiger partial charge in [0.1, 0.15) is 0 Å². The highest BCUT2D eigenvalue weighted by molar-refractivity contribution is 7.12. The SMILES string of the molecule is O=C(NC[C@]1(c2ccccc2)CC[C@@H](O)[C@H](N2CCOCC2)CC1)c1cccs1. The Labute approximate surface area is 176 Å². The van der Waals surface area contributed by atoms with Crippen LogP contribution in [-0.2, 0) is 10.2 Å². The van der Waals surface area contributed by atoms with E-state index in [0.29, 0.717) is 6.54 Å². The van der Waals surface area contributed by atoms with Crippen molar-refractivity contribution in [2.24, 2.45) is 0 Å². The number of nitrogens with one attached hydrogen (secondary N) is 1. The number of morpholine rings is 1. The zero-order valence-corrected chi connectivity index (χ0v) is 17.6. The average Bonchev–Trinajstić information content (AvgIpc) is 3.26. The molecule has 0 radical (unpaired) electrons. The molecule has 1 aliphatic heterocycles. The highest BCUT2D eigenvalue weighted by atomic mass is 32.1. The van der Waals surface area contributed by atoms with Crippen molar-refractivity contribution in [3.05, 3.63) is 58.3 Å². The summed E-state index contributed by atoms with van der Waals surface area (Å²) in [5.41, 5.74) is 1.09. The van der Waals surface area contributed by atoms with Gasteiger partial charge < -0.3 is 15.2 Å². The van der Waals surface area contributed by atoms with Gasteiger partial charge in [0.25, 0.3) is 5.91 Å². The summed E-state index contributed by atoms with van der Waals surface area (Å²) in [5.74, 6) is -0.00942. The molecule has 1 aliphatic carbocycles. The molecule has 1 amide bonds. The number of benzene rings is 1. The molecule has 0 spiro atoms. The third-order valence-electron chi connectivity index (χ3n) is 6.51. The number of aliphatic hydroxyl groups excluding tert-OH is 1. The van der Waals surface area contributed by atoms with E-state index in [1.165, 1.54) is 16.9 Å². The summed E-state index contributed by atoms with van der Waals surface area (Å²) in [5, 5.41) is 16.1. The number of hydrogen-bond donors (Lipinski definition) is 2. The van der Waals surface area contributed by atoms with E-state index in [1.807, 2.05) is 23.6 Å². The number of rotatable bonds is 5. The van der Waals surface area contributed by atoms with Crippen LogP contribution in [0.5, 0.6) is 0 Å². The fraction of sp³-hybridized carbons (Fsp3) is 0.522. The van der Waals surface area contributed by atoms with E-state index in [4.69, 9.17) is 4.74 Å². The molecule has 1 saturated carbocycles. The van der Waals surface area contributed by atoms with Crippen LogP contribution < -0.4 is 5.32 Å². The second-order valence-electron chi connectivity index (χ2n) is 8.17. The summed E-state index contributed by atoms with van der Waals surface area (Å²) >= 11 is 1.47. The van der Waals surface area contributed by atoms with Crippen LogP contribution in [0.3, 0.4) is 0 Å². The normalized spacial score (nSPS) is 28.6. The number of aliphatic hydroxyl groups is 1. The number of hydrogen-bond acceptors (Lipinski definition) is 5. The largest absolute Gasteiger partial charge is 0.391 e. The first-order valence-corrected chi connectivity index (χ1v) is 11.4. The Kier molecular flexibility index (Phi) is 6.65. The molecule has 3 atom stereocenters. The molecule has 0 bridgehead atoms. The van der Waals surface area contributed by atoms with Crippen molar-refractivity contribution < 1.29 is 14.6 Å². The van der Waals surface area contributed by atoms with Crippen molar-refractivity contribution >= 4 is 17.2 Å². The van der Waals surface area contributed by atoms with Gasteiger partial charge in [-0.2, -0.15) is 0 Å². The number of nitrogens with zero attached hydrogens (tertiary/aromatic N) is 1.